The molecule has 1 heterocycles. The van der Waals surface area contributed by atoms with Crippen LogP contribution in [-0.2, 0) is 10.0 Å². The molecule has 0 aliphatic carbocycles. The predicted molar refractivity (Wildman–Crippen MR) is 47.0 cm³/mol. The van der Waals surface area contributed by atoms with Gasteiger partial charge in [0.2, 0.25) is 0 Å². The number of thioether (sulfide) groups is 1. The van der Waals surface area contributed by atoms with Gasteiger partial charge in [-0.3, -0.25) is 0 Å². The van der Waals surface area contributed by atoms with Gasteiger partial charge in [-0.15, -0.1) is 0 Å². The van der Waals surface area contributed by atoms with E-state index < -0.39 is 10.0 Å². The molecule has 0 amide bonds. The molecular formula is C5H8N2O2S2. The molecule has 0 bridgehead atoms. The standard InChI is InChI=1S/C5H8N2O2S2/c1-10-3-4-2-5(6)11(8,9)7-4/h2H,3,6H2,1H3. The van der Waals surface area contributed by atoms with E-state index in [1.165, 1.54) is 17.8 Å². The van der Waals surface area contributed by atoms with Gasteiger partial charge in [-0.05, 0) is 12.3 Å². The van der Waals surface area contributed by atoms with Gasteiger partial charge in [-0.25, -0.2) is 0 Å². The Kier molecular flexibility index (Phi) is 2.24. The minimum Gasteiger partial charge on any atom is -0.388 e. The summed E-state index contributed by atoms with van der Waals surface area (Å²) in [5, 5.41) is -0.151. The summed E-state index contributed by atoms with van der Waals surface area (Å²) >= 11 is 1.51. The van der Waals surface area contributed by atoms with Crippen LogP contribution >= 0.6 is 11.8 Å². The molecular weight excluding hydrogens is 184 g/mol. The minimum absolute atomic E-state index is 0.151. The van der Waals surface area contributed by atoms with E-state index in [1.807, 2.05) is 6.26 Å². The molecule has 0 aromatic carbocycles. The van der Waals surface area contributed by atoms with Crippen LogP contribution in [0.5, 0.6) is 0 Å². The van der Waals surface area contributed by atoms with Gasteiger partial charge in [-0.1, -0.05) is 0 Å². The largest absolute Gasteiger partial charge is 0.388 e. The summed E-state index contributed by atoms with van der Waals surface area (Å²) < 4.78 is 25.2. The molecule has 1 aliphatic heterocycles. The van der Waals surface area contributed by atoms with Crippen LogP contribution in [-0.4, -0.2) is 26.1 Å². The summed E-state index contributed by atoms with van der Waals surface area (Å²) in [6.07, 6.45) is 3.27. The highest BCUT2D eigenvalue weighted by Gasteiger charge is 2.20. The summed E-state index contributed by atoms with van der Waals surface area (Å²) in [4.78, 5) is 0. The fourth-order valence-electron chi connectivity index (χ4n) is 0.688. The molecule has 0 unspecified atom stereocenters. The second-order valence-corrected chi connectivity index (χ2v) is 4.51. The maximum Gasteiger partial charge on any atom is 0.297 e. The number of allylic oxidation sites excluding steroid dienone is 1. The minimum atomic E-state index is -3.48. The molecule has 0 saturated heterocycles. The van der Waals surface area contributed by atoms with E-state index in [2.05, 4.69) is 4.40 Å². The number of hydrogen-bond donors (Lipinski definition) is 1. The quantitative estimate of drug-likeness (QED) is 0.665. The van der Waals surface area contributed by atoms with Crippen molar-refractivity contribution in [3.05, 3.63) is 11.1 Å². The Balaban J connectivity index is 2.92. The predicted octanol–water partition coefficient (Wildman–Crippen LogP) is -0.0661. The van der Waals surface area contributed by atoms with E-state index in [4.69, 9.17) is 5.73 Å². The summed E-state index contributed by atoms with van der Waals surface area (Å²) in [5.41, 5.74) is 5.71. The van der Waals surface area contributed by atoms with Crippen molar-refractivity contribution in [1.82, 2.24) is 0 Å². The van der Waals surface area contributed by atoms with E-state index >= 15 is 0 Å². The molecule has 0 saturated carbocycles. The Morgan fingerprint density at radius 1 is 1.73 bits per heavy atom. The van der Waals surface area contributed by atoms with E-state index in [9.17, 15) is 8.42 Å². The van der Waals surface area contributed by atoms with Crippen LogP contribution in [0.4, 0.5) is 0 Å². The highest BCUT2D eigenvalue weighted by atomic mass is 32.2. The first-order valence-electron chi connectivity index (χ1n) is 2.86. The van der Waals surface area contributed by atoms with Gasteiger partial charge in [0.15, 0.2) is 5.03 Å². The van der Waals surface area contributed by atoms with Gasteiger partial charge in [0, 0.05) is 5.75 Å². The zero-order valence-electron chi connectivity index (χ0n) is 5.94. The normalized spacial score (nSPS) is 21.2. The van der Waals surface area contributed by atoms with Gasteiger partial charge in [0.1, 0.15) is 0 Å². The van der Waals surface area contributed by atoms with Crippen molar-refractivity contribution < 1.29 is 8.42 Å². The Hall–Kier alpha value is -0.490. The lowest BCUT2D eigenvalue weighted by molar-refractivity contribution is 0.604. The van der Waals surface area contributed by atoms with Crippen LogP contribution in [0.3, 0.4) is 0 Å². The summed E-state index contributed by atoms with van der Waals surface area (Å²) in [7, 11) is -3.48. The van der Waals surface area contributed by atoms with Crippen LogP contribution < -0.4 is 5.73 Å². The van der Waals surface area contributed by atoms with Crippen LogP contribution in [0.15, 0.2) is 15.5 Å². The maximum atomic E-state index is 10.9. The number of nitrogens with two attached hydrogens (primary N) is 1. The first-order valence-corrected chi connectivity index (χ1v) is 5.69. The van der Waals surface area contributed by atoms with E-state index in [-0.39, 0.29) is 5.03 Å². The number of rotatable bonds is 2. The summed E-state index contributed by atoms with van der Waals surface area (Å²) in [6.45, 7) is 0. The lowest BCUT2D eigenvalue weighted by Gasteiger charge is -1.88. The zero-order valence-corrected chi connectivity index (χ0v) is 7.58. The molecule has 0 aromatic heterocycles. The van der Waals surface area contributed by atoms with Crippen molar-refractivity contribution in [2.24, 2.45) is 10.1 Å². The molecule has 0 radical (unpaired) electrons. The fraction of sp³-hybridized carbons (Fsp3) is 0.400. The second-order valence-electron chi connectivity index (χ2n) is 2.04. The second kappa shape index (κ2) is 2.86. The van der Waals surface area contributed by atoms with Gasteiger partial charge in [0.05, 0.1) is 5.71 Å². The van der Waals surface area contributed by atoms with Gasteiger partial charge >= 0.3 is 0 Å². The van der Waals surface area contributed by atoms with Crippen molar-refractivity contribution in [1.29, 1.82) is 0 Å². The Morgan fingerprint density at radius 2 is 2.36 bits per heavy atom. The molecule has 0 aromatic rings. The smallest absolute Gasteiger partial charge is 0.297 e. The lowest BCUT2D eigenvalue weighted by atomic mass is 10.4. The molecule has 0 atom stereocenters. The Morgan fingerprint density at radius 3 is 2.73 bits per heavy atom. The third kappa shape index (κ3) is 1.75. The molecule has 0 fully saturated rings. The number of sulfonamides is 1. The monoisotopic (exact) mass is 192 g/mol. The third-order valence-electron chi connectivity index (χ3n) is 1.14. The molecule has 2 N–H and O–H groups in total. The van der Waals surface area contributed by atoms with Crippen molar-refractivity contribution in [2.45, 2.75) is 0 Å². The molecule has 4 nitrogen and oxygen atoms in total. The van der Waals surface area contributed by atoms with E-state index in [0.29, 0.717) is 11.5 Å². The highest BCUT2D eigenvalue weighted by molar-refractivity contribution is 7.99. The van der Waals surface area contributed by atoms with Gasteiger partial charge in [0.25, 0.3) is 10.0 Å². The van der Waals surface area contributed by atoms with Crippen LogP contribution in [0.1, 0.15) is 0 Å². The Labute approximate surface area is 69.6 Å². The highest BCUT2D eigenvalue weighted by Crippen LogP contribution is 2.13. The average Bonchev–Trinajstić information content (AvgIpc) is 2.08. The molecule has 6 heteroatoms. The molecule has 0 spiro atoms. The number of hydrogen-bond acceptors (Lipinski definition) is 4. The first kappa shape index (κ1) is 8.61. The molecule has 11 heavy (non-hydrogen) atoms. The summed E-state index contributed by atoms with van der Waals surface area (Å²) in [5.74, 6) is 0.583. The lowest BCUT2D eigenvalue weighted by Crippen LogP contribution is -2.04. The maximum absolute atomic E-state index is 10.9. The molecule has 1 aliphatic rings. The third-order valence-corrected chi connectivity index (χ3v) is 2.91. The average molecular weight is 192 g/mol. The van der Waals surface area contributed by atoms with Crippen molar-refractivity contribution in [2.75, 3.05) is 12.0 Å². The van der Waals surface area contributed by atoms with Crippen LogP contribution in [0, 0.1) is 0 Å². The number of nitrogens with zero attached hydrogens (tertiary/aromatic N) is 1. The van der Waals surface area contributed by atoms with Crippen molar-refractivity contribution in [3.63, 3.8) is 0 Å². The fourth-order valence-corrected chi connectivity index (χ4v) is 2.03. The Bertz CT molecular complexity index is 315. The van der Waals surface area contributed by atoms with Gasteiger partial charge in [-0.2, -0.15) is 24.6 Å². The van der Waals surface area contributed by atoms with E-state index in [1.54, 1.807) is 0 Å². The van der Waals surface area contributed by atoms with Crippen LogP contribution in [0.25, 0.3) is 0 Å². The van der Waals surface area contributed by atoms with E-state index in [0.717, 1.165) is 0 Å². The van der Waals surface area contributed by atoms with Gasteiger partial charge < -0.3 is 5.73 Å². The van der Waals surface area contributed by atoms with Crippen molar-refractivity contribution in [3.8, 4) is 0 Å². The molecule has 1 rings (SSSR count). The van der Waals surface area contributed by atoms with Crippen molar-refractivity contribution >= 4 is 27.5 Å². The first-order chi connectivity index (χ1) is 5.06. The SMILES string of the molecule is CSCC1=NS(=O)(=O)C(N)=C1. The summed E-state index contributed by atoms with van der Waals surface area (Å²) in [6, 6.07) is 0. The van der Waals surface area contributed by atoms with Crippen LogP contribution in [0.2, 0.25) is 0 Å². The zero-order chi connectivity index (χ0) is 8.48. The molecule has 62 valence electrons. The topological polar surface area (TPSA) is 72.5 Å².